The van der Waals surface area contributed by atoms with Crippen molar-refractivity contribution in [3.8, 4) is 0 Å². The van der Waals surface area contributed by atoms with E-state index < -0.39 is 15.4 Å². The molecule has 0 saturated heterocycles. The average Bonchev–Trinajstić information content (AvgIpc) is 2.28. The van der Waals surface area contributed by atoms with Gasteiger partial charge in [0.25, 0.3) is 0 Å². The topological polar surface area (TPSA) is 54.4 Å². The Morgan fingerprint density at radius 1 is 1.06 bits per heavy atom. The molecule has 0 aliphatic heterocycles. The molecule has 1 aromatic rings. The van der Waals surface area contributed by atoms with Crippen molar-refractivity contribution in [1.82, 2.24) is 0 Å². The summed E-state index contributed by atoms with van der Waals surface area (Å²) < 4.78 is 23.9. The number of benzene rings is 1. The van der Waals surface area contributed by atoms with Gasteiger partial charge in [-0.2, -0.15) is 0 Å². The Balaban J connectivity index is 2.36. The van der Waals surface area contributed by atoms with Crippen LogP contribution in [0, 0.1) is 0 Å². The zero-order valence-corrected chi connectivity index (χ0v) is 11.9. The standard InChI is InChI=1S/C14H22O3S/c1-14(2,15)11-7-4-8-12-18(16,17)13-9-5-3-6-10-13/h3,5-6,9-10,15H,4,7-8,11-12H2,1-2H3. The van der Waals surface area contributed by atoms with Gasteiger partial charge in [0.2, 0.25) is 0 Å². The molecule has 0 unspecified atom stereocenters. The first-order valence-electron chi connectivity index (χ1n) is 6.31. The van der Waals surface area contributed by atoms with Crippen LogP contribution in [0.5, 0.6) is 0 Å². The maximum atomic E-state index is 11.9. The molecule has 1 aromatic carbocycles. The second kappa shape index (κ2) is 6.34. The van der Waals surface area contributed by atoms with Crippen LogP contribution in [-0.4, -0.2) is 24.9 Å². The molecule has 0 saturated carbocycles. The van der Waals surface area contributed by atoms with Crippen LogP contribution in [0.2, 0.25) is 0 Å². The summed E-state index contributed by atoms with van der Waals surface area (Å²) in [6, 6.07) is 8.54. The van der Waals surface area contributed by atoms with E-state index in [2.05, 4.69) is 0 Å². The molecule has 0 atom stereocenters. The molecule has 0 aliphatic rings. The highest BCUT2D eigenvalue weighted by Gasteiger charge is 2.14. The van der Waals surface area contributed by atoms with Crippen molar-refractivity contribution >= 4 is 9.84 Å². The molecule has 0 heterocycles. The van der Waals surface area contributed by atoms with Gasteiger partial charge in [-0.3, -0.25) is 0 Å². The number of rotatable bonds is 7. The largest absolute Gasteiger partial charge is 0.390 e. The van der Waals surface area contributed by atoms with Crippen LogP contribution in [0.3, 0.4) is 0 Å². The molecule has 0 fully saturated rings. The SMILES string of the molecule is CC(C)(O)CCCCCS(=O)(=O)c1ccccc1. The number of aliphatic hydroxyl groups is 1. The molecule has 1 N–H and O–H groups in total. The van der Waals surface area contributed by atoms with E-state index >= 15 is 0 Å². The summed E-state index contributed by atoms with van der Waals surface area (Å²) >= 11 is 0. The minimum atomic E-state index is -3.14. The molecular weight excluding hydrogens is 248 g/mol. The predicted molar refractivity (Wildman–Crippen MR) is 73.3 cm³/mol. The Hall–Kier alpha value is -0.870. The first-order valence-corrected chi connectivity index (χ1v) is 7.97. The monoisotopic (exact) mass is 270 g/mol. The third-order valence-electron chi connectivity index (χ3n) is 2.80. The summed E-state index contributed by atoms with van der Waals surface area (Å²) in [4.78, 5) is 0.396. The molecule has 0 radical (unpaired) electrons. The summed E-state index contributed by atoms with van der Waals surface area (Å²) in [5, 5.41) is 9.54. The highest BCUT2D eigenvalue weighted by Crippen LogP contribution is 2.16. The van der Waals surface area contributed by atoms with E-state index in [0.717, 1.165) is 12.8 Å². The van der Waals surface area contributed by atoms with Crippen molar-refractivity contribution in [3.63, 3.8) is 0 Å². The Morgan fingerprint density at radius 3 is 2.22 bits per heavy atom. The first kappa shape index (κ1) is 15.2. The van der Waals surface area contributed by atoms with Crippen LogP contribution in [0.15, 0.2) is 35.2 Å². The fourth-order valence-corrected chi connectivity index (χ4v) is 3.16. The molecular formula is C14H22O3S. The number of hydrogen-bond acceptors (Lipinski definition) is 3. The Morgan fingerprint density at radius 2 is 1.67 bits per heavy atom. The number of hydrogen-bond donors (Lipinski definition) is 1. The van der Waals surface area contributed by atoms with Crippen LogP contribution in [0.4, 0.5) is 0 Å². The molecule has 0 bridgehead atoms. The van der Waals surface area contributed by atoms with Crippen LogP contribution in [-0.2, 0) is 9.84 Å². The maximum absolute atomic E-state index is 11.9. The van der Waals surface area contributed by atoms with E-state index in [-0.39, 0.29) is 5.75 Å². The molecule has 0 aliphatic carbocycles. The zero-order valence-electron chi connectivity index (χ0n) is 11.1. The van der Waals surface area contributed by atoms with Gasteiger partial charge in [0.05, 0.1) is 16.2 Å². The highest BCUT2D eigenvalue weighted by atomic mass is 32.2. The summed E-state index contributed by atoms with van der Waals surface area (Å²) in [6.07, 6.45) is 3.04. The second-order valence-electron chi connectivity index (χ2n) is 5.26. The molecule has 1 rings (SSSR count). The molecule has 102 valence electrons. The van der Waals surface area contributed by atoms with Crippen molar-refractivity contribution in [3.05, 3.63) is 30.3 Å². The van der Waals surface area contributed by atoms with Crippen molar-refractivity contribution in [2.75, 3.05) is 5.75 Å². The van der Waals surface area contributed by atoms with E-state index in [0.29, 0.717) is 17.7 Å². The van der Waals surface area contributed by atoms with Crippen LogP contribution < -0.4 is 0 Å². The summed E-state index contributed by atoms with van der Waals surface area (Å²) in [5.41, 5.74) is -0.654. The van der Waals surface area contributed by atoms with Gasteiger partial charge in [0.15, 0.2) is 9.84 Å². The Bertz CT molecular complexity index is 444. The van der Waals surface area contributed by atoms with Gasteiger partial charge in [-0.05, 0) is 38.8 Å². The third kappa shape index (κ3) is 5.65. The lowest BCUT2D eigenvalue weighted by atomic mass is 10.0. The van der Waals surface area contributed by atoms with Crippen molar-refractivity contribution in [2.24, 2.45) is 0 Å². The molecule has 0 aromatic heterocycles. The van der Waals surface area contributed by atoms with Gasteiger partial charge in [-0.15, -0.1) is 0 Å². The van der Waals surface area contributed by atoms with E-state index in [1.807, 2.05) is 6.07 Å². The normalized spacial score (nSPS) is 12.6. The van der Waals surface area contributed by atoms with Crippen LogP contribution >= 0.6 is 0 Å². The van der Waals surface area contributed by atoms with Crippen molar-refractivity contribution < 1.29 is 13.5 Å². The van der Waals surface area contributed by atoms with E-state index in [4.69, 9.17) is 0 Å². The second-order valence-corrected chi connectivity index (χ2v) is 7.36. The highest BCUT2D eigenvalue weighted by molar-refractivity contribution is 7.91. The minimum absolute atomic E-state index is 0.183. The van der Waals surface area contributed by atoms with Gasteiger partial charge in [-0.25, -0.2) is 8.42 Å². The van der Waals surface area contributed by atoms with Gasteiger partial charge in [0.1, 0.15) is 0 Å². The van der Waals surface area contributed by atoms with Gasteiger partial charge >= 0.3 is 0 Å². The molecule has 0 spiro atoms. The number of unbranched alkanes of at least 4 members (excludes halogenated alkanes) is 2. The lowest BCUT2D eigenvalue weighted by molar-refractivity contribution is 0.0682. The Kier molecular flexibility index (Phi) is 5.35. The zero-order chi connectivity index (χ0) is 13.6. The van der Waals surface area contributed by atoms with E-state index in [9.17, 15) is 13.5 Å². The van der Waals surface area contributed by atoms with Gasteiger partial charge in [0, 0.05) is 0 Å². The van der Waals surface area contributed by atoms with Crippen molar-refractivity contribution in [2.45, 2.75) is 50.0 Å². The lowest BCUT2D eigenvalue weighted by Gasteiger charge is -2.16. The smallest absolute Gasteiger partial charge is 0.178 e. The fourth-order valence-electron chi connectivity index (χ4n) is 1.77. The summed E-state index contributed by atoms with van der Waals surface area (Å²) in [6.45, 7) is 3.54. The lowest BCUT2D eigenvalue weighted by Crippen LogP contribution is -2.17. The van der Waals surface area contributed by atoms with Gasteiger partial charge < -0.3 is 5.11 Å². The quantitative estimate of drug-likeness (QED) is 0.775. The fraction of sp³-hybridized carbons (Fsp3) is 0.571. The molecule has 3 nitrogen and oxygen atoms in total. The van der Waals surface area contributed by atoms with E-state index in [1.165, 1.54) is 0 Å². The summed E-state index contributed by atoms with van der Waals surface area (Å²) in [5.74, 6) is 0.183. The van der Waals surface area contributed by atoms with Crippen LogP contribution in [0.1, 0.15) is 39.5 Å². The minimum Gasteiger partial charge on any atom is -0.390 e. The van der Waals surface area contributed by atoms with Crippen molar-refractivity contribution in [1.29, 1.82) is 0 Å². The average molecular weight is 270 g/mol. The third-order valence-corrected chi connectivity index (χ3v) is 4.62. The number of sulfone groups is 1. The van der Waals surface area contributed by atoms with Crippen LogP contribution in [0.25, 0.3) is 0 Å². The molecule has 18 heavy (non-hydrogen) atoms. The van der Waals surface area contributed by atoms with Gasteiger partial charge in [-0.1, -0.05) is 31.0 Å². The summed E-state index contributed by atoms with van der Waals surface area (Å²) in [7, 11) is -3.14. The maximum Gasteiger partial charge on any atom is 0.178 e. The Labute approximate surface area is 110 Å². The van der Waals surface area contributed by atoms with E-state index in [1.54, 1.807) is 38.1 Å². The predicted octanol–water partition coefficient (Wildman–Crippen LogP) is 2.79. The molecule has 0 amide bonds. The molecule has 4 heteroatoms. The first-order chi connectivity index (χ1) is 8.31.